The predicted molar refractivity (Wildman–Crippen MR) is 110 cm³/mol. The van der Waals surface area contributed by atoms with E-state index >= 15 is 0 Å². The molecule has 0 N–H and O–H groups in total. The number of aryl methyl sites for hydroxylation is 2. The van der Waals surface area contributed by atoms with E-state index in [2.05, 4.69) is 15.1 Å². The molecule has 0 spiro atoms. The van der Waals surface area contributed by atoms with Gasteiger partial charge in [-0.05, 0) is 31.9 Å². The highest BCUT2D eigenvalue weighted by Gasteiger charge is 2.25. The quantitative estimate of drug-likeness (QED) is 0.468. The predicted octanol–water partition coefficient (Wildman–Crippen LogP) is 1.93. The molecule has 10 nitrogen and oxygen atoms in total. The van der Waals surface area contributed by atoms with E-state index in [1.807, 2.05) is 23.6 Å². The molecule has 2 aromatic heterocycles. The molecule has 0 aliphatic carbocycles. The Morgan fingerprint density at radius 3 is 2.63 bits per heavy atom. The monoisotopic (exact) mass is 409 g/mol. The number of benzene rings is 1. The Kier molecular flexibility index (Phi) is 5.30. The first-order valence-electron chi connectivity index (χ1n) is 9.87. The van der Waals surface area contributed by atoms with Crippen molar-refractivity contribution in [2.45, 2.75) is 26.7 Å². The number of fused-ring (bicyclic) bond motifs is 1. The maximum absolute atomic E-state index is 12.8. The SMILES string of the molecule is Cc1nc2ncnn2c(C)c1CCC(=O)N1CCN(c2ccccc2[N+](=O)[O-])CC1. The second-order valence-corrected chi connectivity index (χ2v) is 7.35. The summed E-state index contributed by atoms with van der Waals surface area (Å²) in [5, 5.41) is 15.5. The molecule has 1 aliphatic heterocycles. The number of nitro benzene ring substituents is 1. The Labute approximate surface area is 173 Å². The largest absolute Gasteiger partial charge is 0.362 e. The molecule has 1 amide bonds. The summed E-state index contributed by atoms with van der Waals surface area (Å²) in [6, 6.07) is 6.73. The molecule has 0 unspecified atom stereocenters. The van der Waals surface area contributed by atoms with Crippen molar-refractivity contribution < 1.29 is 9.72 Å². The molecule has 3 heterocycles. The van der Waals surface area contributed by atoms with Crippen LogP contribution in [0.4, 0.5) is 11.4 Å². The zero-order valence-electron chi connectivity index (χ0n) is 17.0. The van der Waals surface area contributed by atoms with Gasteiger partial charge in [0.05, 0.1) is 4.92 Å². The van der Waals surface area contributed by atoms with Gasteiger partial charge in [0.1, 0.15) is 12.0 Å². The van der Waals surface area contributed by atoms with E-state index in [-0.39, 0.29) is 16.5 Å². The maximum atomic E-state index is 12.8. The number of hydrogen-bond donors (Lipinski definition) is 0. The summed E-state index contributed by atoms with van der Waals surface area (Å²) < 4.78 is 1.69. The van der Waals surface area contributed by atoms with Crippen molar-refractivity contribution in [3.8, 4) is 0 Å². The van der Waals surface area contributed by atoms with E-state index < -0.39 is 0 Å². The van der Waals surface area contributed by atoms with Gasteiger partial charge in [0.2, 0.25) is 5.91 Å². The van der Waals surface area contributed by atoms with E-state index in [4.69, 9.17) is 0 Å². The van der Waals surface area contributed by atoms with Crippen LogP contribution in [0.25, 0.3) is 5.78 Å². The molecule has 30 heavy (non-hydrogen) atoms. The summed E-state index contributed by atoms with van der Waals surface area (Å²) in [7, 11) is 0. The van der Waals surface area contributed by atoms with Crippen molar-refractivity contribution in [3.05, 3.63) is 57.7 Å². The molecule has 1 fully saturated rings. The van der Waals surface area contributed by atoms with Gasteiger partial charge in [0, 0.05) is 50.1 Å². The van der Waals surface area contributed by atoms with Crippen LogP contribution >= 0.6 is 0 Å². The molecule has 156 valence electrons. The minimum atomic E-state index is -0.364. The van der Waals surface area contributed by atoms with Gasteiger partial charge in [-0.1, -0.05) is 12.1 Å². The van der Waals surface area contributed by atoms with Gasteiger partial charge in [0.25, 0.3) is 11.5 Å². The highest BCUT2D eigenvalue weighted by Crippen LogP contribution is 2.28. The minimum Gasteiger partial charge on any atom is -0.362 e. The van der Waals surface area contributed by atoms with Gasteiger partial charge < -0.3 is 9.80 Å². The smallest absolute Gasteiger partial charge is 0.292 e. The summed E-state index contributed by atoms with van der Waals surface area (Å²) >= 11 is 0. The Hall–Kier alpha value is -3.56. The molecule has 0 radical (unpaired) electrons. The fourth-order valence-corrected chi connectivity index (χ4v) is 3.99. The number of amides is 1. The first kappa shape index (κ1) is 19.7. The minimum absolute atomic E-state index is 0.0784. The molecule has 0 atom stereocenters. The van der Waals surface area contributed by atoms with E-state index in [9.17, 15) is 14.9 Å². The number of piperazine rings is 1. The molecule has 1 aromatic carbocycles. The zero-order chi connectivity index (χ0) is 21.3. The average molecular weight is 409 g/mol. The fourth-order valence-electron chi connectivity index (χ4n) is 3.99. The van der Waals surface area contributed by atoms with Crippen LogP contribution in [-0.2, 0) is 11.2 Å². The van der Waals surface area contributed by atoms with Gasteiger partial charge in [-0.2, -0.15) is 10.1 Å². The summed E-state index contributed by atoms with van der Waals surface area (Å²) in [5.41, 5.74) is 3.53. The van der Waals surface area contributed by atoms with Crippen LogP contribution in [0.1, 0.15) is 23.4 Å². The summed E-state index contributed by atoms with van der Waals surface area (Å²) in [4.78, 5) is 36.1. The van der Waals surface area contributed by atoms with Crippen LogP contribution in [0.2, 0.25) is 0 Å². The number of hydrogen-bond acceptors (Lipinski definition) is 7. The van der Waals surface area contributed by atoms with Crippen molar-refractivity contribution in [2.24, 2.45) is 0 Å². The molecule has 4 rings (SSSR count). The molecule has 10 heteroatoms. The van der Waals surface area contributed by atoms with Gasteiger partial charge in [-0.25, -0.2) is 9.50 Å². The second-order valence-electron chi connectivity index (χ2n) is 7.35. The number of nitrogens with zero attached hydrogens (tertiary/aromatic N) is 7. The second kappa shape index (κ2) is 8.05. The number of carbonyl (C=O) groups excluding carboxylic acids is 1. The van der Waals surface area contributed by atoms with Crippen LogP contribution < -0.4 is 4.90 Å². The third-order valence-corrected chi connectivity index (χ3v) is 5.63. The van der Waals surface area contributed by atoms with E-state index in [0.29, 0.717) is 50.5 Å². The fraction of sp³-hybridized carbons (Fsp3) is 0.400. The van der Waals surface area contributed by atoms with Crippen LogP contribution in [0.15, 0.2) is 30.6 Å². The lowest BCUT2D eigenvalue weighted by atomic mass is 10.1. The topological polar surface area (TPSA) is 110 Å². The lowest BCUT2D eigenvalue weighted by Gasteiger charge is -2.36. The van der Waals surface area contributed by atoms with Crippen molar-refractivity contribution in [3.63, 3.8) is 0 Å². The van der Waals surface area contributed by atoms with Crippen LogP contribution in [-0.4, -0.2) is 61.5 Å². The molecule has 3 aromatic rings. The number of rotatable bonds is 5. The maximum Gasteiger partial charge on any atom is 0.292 e. The molecular formula is C20H23N7O3. The van der Waals surface area contributed by atoms with Crippen LogP contribution in [0.5, 0.6) is 0 Å². The molecule has 1 saturated heterocycles. The number of para-hydroxylation sites is 2. The Bertz CT molecular complexity index is 1100. The third kappa shape index (κ3) is 3.68. The van der Waals surface area contributed by atoms with E-state index in [1.165, 1.54) is 12.4 Å². The molecule has 0 bridgehead atoms. The summed E-state index contributed by atoms with van der Waals surface area (Å²) in [5.74, 6) is 0.640. The highest BCUT2D eigenvalue weighted by atomic mass is 16.6. The van der Waals surface area contributed by atoms with E-state index in [0.717, 1.165) is 17.0 Å². The average Bonchev–Trinajstić information content (AvgIpc) is 3.22. The lowest BCUT2D eigenvalue weighted by Crippen LogP contribution is -2.49. The standard InChI is InChI=1S/C20H23N7O3/c1-14-16(15(2)26-20(23-14)21-13-22-26)7-8-19(28)25-11-9-24(10-12-25)17-5-3-4-6-18(17)27(29)30/h3-6,13H,7-12H2,1-2H3. The number of anilines is 1. The number of carbonyl (C=O) groups is 1. The van der Waals surface area contributed by atoms with Crippen molar-refractivity contribution >= 4 is 23.1 Å². The third-order valence-electron chi connectivity index (χ3n) is 5.63. The summed E-state index contributed by atoms with van der Waals surface area (Å²) in [6.07, 6.45) is 2.44. The van der Waals surface area contributed by atoms with Gasteiger partial charge in [-0.15, -0.1) is 0 Å². The lowest BCUT2D eigenvalue weighted by molar-refractivity contribution is -0.384. The van der Waals surface area contributed by atoms with Crippen LogP contribution in [0.3, 0.4) is 0 Å². The van der Waals surface area contributed by atoms with E-state index in [1.54, 1.807) is 22.7 Å². The van der Waals surface area contributed by atoms with Gasteiger partial charge in [0.15, 0.2) is 0 Å². The normalized spacial score (nSPS) is 14.3. The summed E-state index contributed by atoms with van der Waals surface area (Å²) in [6.45, 7) is 6.11. The Balaban J connectivity index is 1.38. The van der Waals surface area contributed by atoms with Gasteiger partial charge in [-0.3, -0.25) is 14.9 Å². The zero-order valence-corrected chi connectivity index (χ0v) is 17.0. The molecule has 1 aliphatic rings. The first-order chi connectivity index (χ1) is 14.5. The Morgan fingerprint density at radius 1 is 1.17 bits per heavy atom. The van der Waals surface area contributed by atoms with Gasteiger partial charge >= 0.3 is 0 Å². The number of aromatic nitrogens is 4. The van der Waals surface area contributed by atoms with Crippen LogP contribution in [0, 0.1) is 24.0 Å². The van der Waals surface area contributed by atoms with Crippen molar-refractivity contribution in [1.82, 2.24) is 24.5 Å². The van der Waals surface area contributed by atoms with Crippen molar-refractivity contribution in [1.29, 1.82) is 0 Å². The molecule has 0 saturated carbocycles. The Morgan fingerprint density at radius 2 is 1.90 bits per heavy atom. The molecular weight excluding hydrogens is 386 g/mol. The first-order valence-corrected chi connectivity index (χ1v) is 9.87. The number of nitro groups is 1. The highest BCUT2D eigenvalue weighted by molar-refractivity contribution is 5.77. The van der Waals surface area contributed by atoms with Crippen molar-refractivity contribution in [2.75, 3.05) is 31.1 Å².